The van der Waals surface area contributed by atoms with Crippen molar-refractivity contribution in [2.45, 2.75) is 26.5 Å². The molecule has 0 saturated carbocycles. The third-order valence-corrected chi connectivity index (χ3v) is 4.27. The van der Waals surface area contributed by atoms with Gasteiger partial charge < -0.3 is 15.0 Å². The van der Waals surface area contributed by atoms with Gasteiger partial charge in [-0.15, -0.1) is 0 Å². The molecular weight excluding hydrogens is 330 g/mol. The Labute approximate surface area is 150 Å². The second-order valence-corrected chi connectivity index (χ2v) is 6.54. The fourth-order valence-electron chi connectivity index (χ4n) is 3.02. The Balaban J connectivity index is 1.75. The molecule has 4 rings (SSSR count). The first-order valence-electron chi connectivity index (χ1n) is 8.55. The summed E-state index contributed by atoms with van der Waals surface area (Å²) in [6.45, 7) is 4.72. The Bertz CT molecular complexity index is 1000. The molecule has 8 nitrogen and oxygen atoms in total. The summed E-state index contributed by atoms with van der Waals surface area (Å²) in [7, 11) is 1.65. The minimum Gasteiger partial charge on any atom is -0.378 e. The molecule has 0 bridgehead atoms. The monoisotopic (exact) mass is 351 g/mol. The molecule has 8 heteroatoms. The van der Waals surface area contributed by atoms with Crippen LogP contribution in [0, 0.1) is 5.92 Å². The van der Waals surface area contributed by atoms with E-state index in [1.54, 1.807) is 11.6 Å². The van der Waals surface area contributed by atoms with Gasteiger partial charge in [0.1, 0.15) is 18.0 Å². The Hall–Kier alpha value is -3.00. The van der Waals surface area contributed by atoms with E-state index in [0.29, 0.717) is 18.3 Å². The molecule has 0 amide bonds. The molecule has 0 fully saturated rings. The number of benzene rings is 1. The molecule has 0 aliphatic heterocycles. The largest absolute Gasteiger partial charge is 0.378 e. The van der Waals surface area contributed by atoms with Gasteiger partial charge in [-0.1, -0.05) is 26.0 Å². The van der Waals surface area contributed by atoms with Crippen molar-refractivity contribution in [3.05, 3.63) is 48.2 Å². The average molecular weight is 351 g/mol. The van der Waals surface area contributed by atoms with E-state index in [1.807, 2.05) is 30.3 Å². The number of hydrogen-bond donors (Lipinski definition) is 2. The molecule has 0 spiro atoms. The standard InChI is InChI=1S/C18H21N7O/c1-11(2)16(17-22-13-6-4-5-7-14(13)23-17)24-15-8-12(9-26-3)21-18-19-10-20-25(15)18/h4-8,10-11,16,24H,9H2,1-3H3,(H,22,23)/t16-/m1/s1. The Kier molecular flexibility index (Phi) is 4.26. The Morgan fingerprint density at radius 1 is 1.23 bits per heavy atom. The van der Waals surface area contributed by atoms with E-state index in [9.17, 15) is 0 Å². The number of nitrogens with one attached hydrogen (secondary N) is 2. The van der Waals surface area contributed by atoms with Crippen LogP contribution in [0.2, 0.25) is 0 Å². The molecular formula is C18H21N7O. The quantitative estimate of drug-likeness (QED) is 0.555. The van der Waals surface area contributed by atoms with Crippen LogP contribution in [0.25, 0.3) is 16.8 Å². The van der Waals surface area contributed by atoms with Gasteiger partial charge in [0.2, 0.25) is 0 Å². The minimum atomic E-state index is -0.0207. The lowest BCUT2D eigenvalue weighted by molar-refractivity contribution is 0.181. The number of hydrogen-bond acceptors (Lipinski definition) is 6. The molecule has 1 atom stereocenters. The van der Waals surface area contributed by atoms with Gasteiger partial charge in [0, 0.05) is 13.2 Å². The highest BCUT2D eigenvalue weighted by molar-refractivity contribution is 5.75. The summed E-state index contributed by atoms with van der Waals surface area (Å²) in [5, 5.41) is 7.83. The van der Waals surface area contributed by atoms with Crippen molar-refractivity contribution in [3.63, 3.8) is 0 Å². The van der Waals surface area contributed by atoms with Crippen molar-refractivity contribution < 1.29 is 4.74 Å². The van der Waals surface area contributed by atoms with Crippen LogP contribution in [0.5, 0.6) is 0 Å². The van der Waals surface area contributed by atoms with Crippen molar-refractivity contribution in [3.8, 4) is 0 Å². The number of anilines is 1. The molecule has 0 radical (unpaired) electrons. The van der Waals surface area contributed by atoms with Gasteiger partial charge in [-0.3, -0.25) is 0 Å². The van der Waals surface area contributed by atoms with Crippen LogP contribution >= 0.6 is 0 Å². The summed E-state index contributed by atoms with van der Waals surface area (Å²) < 4.78 is 6.91. The van der Waals surface area contributed by atoms with Crippen LogP contribution in [0.15, 0.2) is 36.7 Å². The molecule has 0 unspecified atom stereocenters. The number of H-pyrrole nitrogens is 1. The van der Waals surface area contributed by atoms with Crippen molar-refractivity contribution in [2.75, 3.05) is 12.4 Å². The highest BCUT2D eigenvalue weighted by Gasteiger charge is 2.21. The third-order valence-electron chi connectivity index (χ3n) is 4.27. The molecule has 0 aliphatic rings. The maximum atomic E-state index is 5.22. The molecule has 3 heterocycles. The van der Waals surface area contributed by atoms with Crippen LogP contribution in [0.1, 0.15) is 31.4 Å². The Morgan fingerprint density at radius 2 is 2.08 bits per heavy atom. The molecule has 26 heavy (non-hydrogen) atoms. The van der Waals surface area contributed by atoms with E-state index in [4.69, 9.17) is 9.72 Å². The summed E-state index contributed by atoms with van der Waals surface area (Å²) in [6.07, 6.45) is 1.50. The van der Waals surface area contributed by atoms with Gasteiger partial charge in [-0.05, 0) is 18.1 Å². The second-order valence-electron chi connectivity index (χ2n) is 6.54. The number of fused-ring (bicyclic) bond motifs is 2. The maximum absolute atomic E-state index is 5.22. The lowest BCUT2D eigenvalue weighted by Crippen LogP contribution is -2.20. The topological polar surface area (TPSA) is 93.0 Å². The highest BCUT2D eigenvalue weighted by Crippen LogP contribution is 2.27. The molecule has 0 aliphatic carbocycles. The van der Waals surface area contributed by atoms with Crippen LogP contribution in [0.3, 0.4) is 0 Å². The van der Waals surface area contributed by atoms with E-state index in [-0.39, 0.29) is 6.04 Å². The van der Waals surface area contributed by atoms with Gasteiger partial charge in [0.25, 0.3) is 5.78 Å². The molecule has 1 aromatic carbocycles. The van der Waals surface area contributed by atoms with E-state index in [2.05, 4.69) is 39.2 Å². The lowest BCUT2D eigenvalue weighted by atomic mass is 10.0. The number of aromatic amines is 1. The number of rotatable bonds is 6. The highest BCUT2D eigenvalue weighted by atomic mass is 16.5. The zero-order chi connectivity index (χ0) is 18.1. The van der Waals surface area contributed by atoms with Gasteiger partial charge in [0.05, 0.1) is 29.4 Å². The number of aromatic nitrogens is 6. The number of methoxy groups -OCH3 is 1. The maximum Gasteiger partial charge on any atom is 0.254 e. The zero-order valence-electron chi connectivity index (χ0n) is 15.0. The second kappa shape index (κ2) is 6.72. The van der Waals surface area contributed by atoms with Crippen molar-refractivity contribution in [1.82, 2.24) is 29.5 Å². The SMILES string of the molecule is COCc1cc(N[C@@H](c2nc3ccccc3[nH]2)C(C)C)n2ncnc2n1. The summed E-state index contributed by atoms with van der Waals surface area (Å²) >= 11 is 0. The number of imidazole rings is 1. The number of para-hydroxylation sites is 2. The molecule has 3 aromatic heterocycles. The summed E-state index contributed by atoms with van der Waals surface area (Å²) in [5.74, 6) is 2.53. The summed E-state index contributed by atoms with van der Waals surface area (Å²) in [5.41, 5.74) is 2.77. The van der Waals surface area contributed by atoms with Crippen molar-refractivity contribution in [1.29, 1.82) is 0 Å². The third kappa shape index (κ3) is 2.99. The van der Waals surface area contributed by atoms with E-state index < -0.39 is 0 Å². The van der Waals surface area contributed by atoms with Gasteiger partial charge >= 0.3 is 0 Å². The summed E-state index contributed by atoms with van der Waals surface area (Å²) in [6, 6.07) is 9.94. The number of nitrogens with zero attached hydrogens (tertiary/aromatic N) is 5. The van der Waals surface area contributed by atoms with E-state index >= 15 is 0 Å². The zero-order valence-corrected chi connectivity index (χ0v) is 15.0. The van der Waals surface area contributed by atoms with Crippen LogP contribution < -0.4 is 5.32 Å². The average Bonchev–Trinajstić information content (AvgIpc) is 3.25. The molecule has 134 valence electrons. The lowest BCUT2D eigenvalue weighted by Gasteiger charge is -2.22. The van der Waals surface area contributed by atoms with Crippen LogP contribution in [0.4, 0.5) is 5.82 Å². The first-order valence-corrected chi connectivity index (χ1v) is 8.55. The number of ether oxygens (including phenoxy) is 1. The molecule has 4 aromatic rings. The minimum absolute atomic E-state index is 0.0207. The van der Waals surface area contributed by atoms with Crippen molar-refractivity contribution >= 4 is 22.6 Å². The van der Waals surface area contributed by atoms with E-state index in [1.165, 1.54) is 6.33 Å². The van der Waals surface area contributed by atoms with Gasteiger partial charge in [-0.25, -0.2) is 9.97 Å². The fraction of sp³-hybridized carbons (Fsp3) is 0.333. The first-order chi connectivity index (χ1) is 12.7. The fourth-order valence-corrected chi connectivity index (χ4v) is 3.02. The molecule has 0 saturated heterocycles. The van der Waals surface area contributed by atoms with Crippen LogP contribution in [-0.2, 0) is 11.3 Å². The van der Waals surface area contributed by atoms with Crippen molar-refractivity contribution in [2.24, 2.45) is 5.92 Å². The van der Waals surface area contributed by atoms with Crippen LogP contribution in [-0.4, -0.2) is 36.7 Å². The summed E-state index contributed by atoms with van der Waals surface area (Å²) in [4.78, 5) is 16.8. The van der Waals surface area contributed by atoms with E-state index in [0.717, 1.165) is 28.4 Å². The normalized spacial score (nSPS) is 12.9. The van der Waals surface area contributed by atoms with Gasteiger partial charge in [0.15, 0.2) is 0 Å². The smallest absolute Gasteiger partial charge is 0.254 e. The molecule has 2 N–H and O–H groups in total. The van der Waals surface area contributed by atoms with Gasteiger partial charge in [-0.2, -0.15) is 14.6 Å². The predicted octanol–water partition coefficient (Wildman–Crippen LogP) is 2.96. The first kappa shape index (κ1) is 16.5. The Morgan fingerprint density at radius 3 is 2.85 bits per heavy atom. The predicted molar refractivity (Wildman–Crippen MR) is 98.8 cm³/mol.